The van der Waals surface area contributed by atoms with Gasteiger partial charge in [0.05, 0.1) is 17.4 Å². The fourth-order valence-electron chi connectivity index (χ4n) is 3.17. The first-order valence-corrected chi connectivity index (χ1v) is 8.34. The van der Waals surface area contributed by atoms with Crippen molar-refractivity contribution in [3.63, 3.8) is 0 Å². The number of hydrogen-bond acceptors (Lipinski definition) is 4. The molecule has 4 nitrogen and oxygen atoms in total. The number of piperidine rings is 1. The normalized spacial score (nSPS) is 20.1. The summed E-state index contributed by atoms with van der Waals surface area (Å²) in [6.07, 6.45) is 9.65. The van der Waals surface area contributed by atoms with Gasteiger partial charge in [0.25, 0.3) is 0 Å². The van der Waals surface area contributed by atoms with E-state index in [-0.39, 0.29) is 0 Å². The number of fused-ring (bicyclic) bond motifs is 1. The van der Waals surface area contributed by atoms with Gasteiger partial charge in [-0.15, -0.1) is 11.3 Å². The summed E-state index contributed by atoms with van der Waals surface area (Å²) in [5.41, 5.74) is 2.38. The molecule has 3 aromatic rings. The number of aromatic nitrogens is 3. The summed E-state index contributed by atoms with van der Waals surface area (Å²) in [6.45, 7) is 2.04. The summed E-state index contributed by atoms with van der Waals surface area (Å²) in [5.74, 6) is 0. The molecule has 5 heteroatoms. The summed E-state index contributed by atoms with van der Waals surface area (Å²) in [5, 5.41) is 2.13. The van der Waals surface area contributed by atoms with Crippen molar-refractivity contribution < 1.29 is 0 Å². The van der Waals surface area contributed by atoms with Crippen molar-refractivity contribution in [2.45, 2.75) is 31.8 Å². The Morgan fingerprint density at radius 1 is 1.24 bits per heavy atom. The minimum atomic E-state index is 0.421. The minimum absolute atomic E-state index is 0.421. The summed E-state index contributed by atoms with van der Waals surface area (Å²) < 4.78 is 2.13. The summed E-state index contributed by atoms with van der Waals surface area (Å²) in [7, 11) is 0. The first-order chi connectivity index (χ1) is 10.4. The number of imidazole rings is 1. The molecule has 1 atom stereocenters. The van der Waals surface area contributed by atoms with Crippen LogP contribution in [0.4, 0.5) is 0 Å². The fourth-order valence-corrected chi connectivity index (χ4v) is 4.03. The summed E-state index contributed by atoms with van der Waals surface area (Å²) >= 11 is 1.78. The first-order valence-electron chi connectivity index (χ1n) is 7.46. The molecule has 0 spiro atoms. The molecule has 0 saturated carbocycles. The maximum absolute atomic E-state index is 4.68. The van der Waals surface area contributed by atoms with Crippen LogP contribution in [0.1, 0.15) is 36.7 Å². The first kappa shape index (κ1) is 13.0. The molecule has 0 amide bonds. The lowest BCUT2D eigenvalue weighted by molar-refractivity contribution is 0.137. The van der Waals surface area contributed by atoms with E-state index in [1.807, 2.05) is 18.6 Å². The van der Waals surface area contributed by atoms with Crippen molar-refractivity contribution in [1.82, 2.24) is 19.3 Å². The van der Waals surface area contributed by atoms with Gasteiger partial charge in [0, 0.05) is 24.3 Å². The van der Waals surface area contributed by atoms with Crippen LogP contribution < -0.4 is 0 Å². The topological polar surface area (TPSA) is 33.4 Å². The molecular formula is C16H18N4S. The monoisotopic (exact) mass is 298 g/mol. The van der Waals surface area contributed by atoms with Crippen molar-refractivity contribution in [2.75, 3.05) is 6.54 Å². The molecule has 21 heavy (non-hydrogen) atoms. The van der Waals surface area contributed by atoms with Gasteiger partial charge in [-0.1, -0.05) is 12.5 Å². The van der Waals surface area contributed by atoms with Gasteiger partial charge < -0.3 is 0 Å². The minimum Gasteiger partial charge on any atom is -0.297 e. The molecule has 1 unspecified atom stereocenters. The number of pyridine rings is 1. The van der Waals surface area contributed by atoms with Crippen molar-refractivity contribution in [3.8, 4) is 0 Å². The second kappa shape index (κ2) is 5.58. The van der Waals surface area contributed by atoms with Crippen LogP contribution in [-0.4, -0.2) is 25.8 Å². The lowest BCUT2D eigenvalue weighted by Crippen LogP contribution is -2.33. The number of hydrogen-bond donors (Lipinski definition) is 0. The zero-order valence-electron chi connectivity index (χ0n) is 11.9. The third-order valence-corrected chi connectivity index (χ3v) is 5.10. The number of thiazole rings is 1. The van der Waals surface area contributed by atoms with E-state index in [4.69, 9.17) is 0 Å². The third kappa shape index (κ3) is 2.47. The van der Waals surface area contributed by atoms with Gasteiger partial charge in [0.15, 0.2) is 0 Å². The van der Waals surface area contributed by atoms with Crippen LogP contribution in [-0.2, 0) is 6.54 Å². The molecule has 1 fully saturated rings. The van der Waals surface area contributed by atoms with E-state index in [2.05, 4.69) is 43.0 Å². The Balaban J connectivity index is 1.64. The average molecular weight is 298 g/mol. The predicted molar refractivity (Wildman–Crippen MR) is 84.3 cm³/mol. The van der Waals surface area contributed by atoms with E-state index in [0.717, 1.165) is 18.8 Å². The van der Waals surface area contributed by atoms with Crippen molar-refractivity contribution in [2.24, 2.45) is 0 Å². The van der Waals surface area contributed by atoms with E-state index >= 15 is 0 Å². The molecule has 0 radical (unpaired) electrons. The maximum Gasteiger partial charge on any atom is 0.124 e. The number of likely N-dealkylation sites (tertiary alicyclic amines) is 1. The molecule has 4 rings (SSSR count). The lowest BCUT2D eigenvalue weighted by Gasteiger charge is -2.34. The standard InChI is InChI=1S/C16H18N4S/c1-3-7-17-13(5-1)11-19-8-4-2-6-14(19)15-16-20(12-18-15)9-10-21-16/h1,3,5,7,9-10,12,14H,2,4,6,8,11H2. The second-order valence-electron chi connectivity index (χ2n) is 5.55. The largest absolute Gasteiger partial charge is 0.297 e. The van der Waals surface area contributed by atoms with Crippen LogP contribution in [0.15, 0.2) is 42.3 Å². The van der Waals surface area contributed by atoms with Crippen molar-refractivity contribution in [3.05, 3.63) is 53.7 Å². The van der Waals surface area contributed by atoms with Crippen LogP contribution >= 0.6 is 11.3 Å². The Morgan fingerprint density at radius 3 is 3.14 bits per heavy atom. The zero-order chi connectivity index (χ0) is 14.1. The molecule has 0 bridgehead atoms. The second-order valence-corrected chi connectivity index (χ2v) is 6.44. The van der Waals surface area contributed by atoms with Gasteiger partial charge in [-0.2, -0.15) is 0 Å². The van der Waals surface area contributed by atoms with Gasteiger partial charge in [0.2, 0.25) is 0 Å². The number of nitrogens with zero attached hydrogens (tertiary/aromatic N) is 4. The summed E-state index contributed by atoms with van der Waals surface area (Å²) in [4.78, 5) is 13.0. The van der Waals surface area contributed by atoms with Gasteiger partial charge in [-0.25, -0.2) is 4.98 Å². The van der Waals surface area contributed by atoms with E-state index in [1.165, 1.54) is 29.8 Å². The van der Waals surface area contributed by atoms with Crippen molar-refractivity contribution >= 4 is 16.2 Å². The van der Waals surface area contributed by atoms with Gasteiger partial charge in [-0.3, -0.25) is 14.3 Å². The van der Waals surface area contributed by atoms with Crippen LogP contribution in [0.2, 0.25) is 0 Å². The third-order valence-electron chi connectivity index (χ3n) is 4.20. The highest BCUT2D eigenvalue weighted by atomic mass is 32.1. The molecule has 3 aromatic heterocycles. The molecule has 4 heterocycles. The Kier molecular flexibility index (Phi) is 3.45. The molecule has 1 saturated heterocycles. The molecule has 1 aliphatic rings. The predicted octanol–water partition coefficient (Wildman–Crippen LogP) is 3.52. The molecule has 0 N–H and O–H groups in total. The van der Waals surface area contributed by atoms with Crippen LogP contribution in [0, 0.1) is 0 Å². The lowest BCUT2D eigenvalue weighted by atomic mass is 9.99. The molecule has 0 aromatic carbocycles. The number of rotatable bonds is 3. The van der Waals surface area contributed by atoms with Crippen LogP contribution in [0.25, 0.3) is 4.83 Å². The molecular weight excluding hydrogens is 280 g/mol. The van der Waals surface area contributed by atoms with Crippen molar-refractivity contribution in [1.29, 1.82) is 0 Å². The summed E-state index contributed by atoms with van der Waals surface area (Å²) in [6, 6.07) is 6.57. The Labute approximate surface area is 128 Å². The average Bonchev–Trinajstić information content (AvgIpc) is 3.12. The van der Waals surface area contributed by atoms with E-state index in [0.29, 0.717) is 6.04 Å². The Morgan fingerprint density at radius 2 is 2.24 bits per heavy atom. The van der Waals surface area contributed by atoms with E-state index in [9.17, 15) is 0 Å². The quantitative estimate of drug-likeness (QED) is 0.742. The van der Waals surface area contributed by atoms with Crippen LogP contribution in [0.5, 0.6) is 0 Å². The molecule has 108 valence electrons. The fraction of sp³-hybridized carbons (Fsp3) is 0.375. The maximum atomic E-state index is 4.68. The van der Waals surface area contributed by atoms with Crippen LogP contribution in [0.3, 0.4) is 0 Å². The Bertz CT molecular complexity index is 718. The molecule has 0 aliphatic carbocycles. The zero-order valence-corrected chi connectivity index (χ0v) is 12.7. The smallest absolute Gasteiger partial charge is 0.124 e. The van der Waals surface area contributed by atoms with Gasteiger partial charge >= 0.3 is 0 Å². The highest BCUT2D eigenvalue weighted by molar-refractivity contribution is 7.15. The SMILES string of the molecule is c1ccc(CN2CCCCC2c2ncn3ccsc23)nc1. The highest BCUT2D eigenvalue weighted by Crippen LogP contribution is 2.34. The highest BCUT2D eigenvalue weighted by Gasteiger charge is 2.27. The Hall–Kier alpha value is -1.72. The van der Waals surface area contributed by atoms with Gasteiger partial charge in [0.1, 0.15) is 11.2 Å². The van der Waals surface area contributed by atoms with Gasteiger partial charge in [-0.05, 0) is 31.5 Å². The van der Waals surface area contributed by atoms with E-state index in [1.54, 1.807) is 11.3 Å². The molecule has 1 aliphatic heterocycles. The van der Waals surface area contributed by atoms with E-state index < -0.39 is 0 Å².